The van der Waals surface area contributed by atoms with E-state index >= 15 is 0 Å². The third-order valence-electron chi connectivity index (χ3n) is 1.33. The topological polar surface area (TPSA) is 31.4 Å². The molecule has 0 fully saturated rings. The Morgan fingerprint density at radius 2 is 2.33 bits per heavy atom. The molecule has 0 aromatic carbocycles. The monoisotopic (exact) mass is 167 g/mol. The third-order valence-corrected chi connectivity index (χ3v) is 1.33. The SMILES string of the molecule is CCOCCOc1cccnc1. The maximum absolute atomic E-state index is 5.32. The maximum atomic E-state index is 5.32. The Bertz CT molecular complexity index is 201. The van der Waals surface area contributed by atoms with Crippen LogP contribution in [0, 0.1) is 0 Å². The zero-order chi connectivity index (χ0) is 8.65. The quantitative estimate of drug-likeness (QED) is 0.623. The van der Waals surface area contributed by atoms with Gasteiger partial charge in [0, 0.05) is 12.8 Å². The van der Waals surface area contributed by atoms with Crippen LogP contribution in [0.3, 0.4) is 0 Å². The molecule has 3 heteroatoms. The van der Waals surface area contributed by atoms with Crippen molar-refractivity contribution in [2.45, 2.75) is 6.92 Å². The summed E-state index contributed by atoms with van der Waals surface area (Å²) in [4.78, 5) is 3.92. The minimum atomic E-state index is 0.583. The summed E-state index contributed by atoms with van der Waals surface area (Å²) in [5.41, 5.74) is 0. The molecule has 1 heterocycles. The Labute approximate surface area is 72.3 Å². The number of pyridine rings is 1. The number of rotatable bonds is 5. The molecule has 0 aliphatic rings. The fraction of sp³-hybridized carbons (Fsp3) is 0.444. The molecule has 0 aliphatic carbocycles. The molecule has 12 heavy (non-hydrogen) atoms. The van der Waals surface area contributed by atoms with Gasteiger partial charge in [-0.25, -0.2) is 0 Å². The van der Waals surface area contributed by atoms with Crippen molar-refractivity contribution in [1.82, 2.24) is 4.98 Å². The molecule has 0 N–H and O–H groups in total. The first-order valence-corrected chi connectivity index (χ1v) is 4.04. The van der Waals surface area contributed by atoms with Gasteiger partial charge in [-0.2, -0.15) is 0 Å². The Morgan fingerprint density at radius 1 is 1.42 bits per heavy atom. The lowest BCUT2D eigenvalue weighted by atomic mass is 10.5. The van der Waals surface area contributed by atoms with Crippen molar-refractivity contribution in [2.24, 2.45) is 0 Å². The van der Waals surface area contributed by atoms with Crippen molar-refractivity contribution >= 4 is 0 Å². The Hall–Kier alpha value is -1.09. The summed E-state index contributed by atoms with van der Waals surface area (Å²) >= 11 is 0. The van der Waals surface area contributed by atoms with E-state index in [1.54, 1.807) is 12.4 Å². The molecule has 0 bridgehead atoms. The first-order chi connectivity index (χ1) is 5.93. The van der Waals surface area contributed by atoms with Crippen molar-refractivity contribution < 1.29 is 9.47 Å². The van der Waals surface area contributed by atoms with Gasteiger partial charge < -0.3 is 9.47 Å². The van der Waals surface area contributed by atoms with Crippen LogP contribution in [0.25, 0.3) is 0 Å². The van der Waals surface area contributed by atoms with Crippen LogP contribution in [0.15, 0.2) is 24.5 Å². The van der Waals surface area contributed by atoms with Crippen LogP contribution in [0.5, 0.6) is 5.75 Å². The summed E-state index contributed by atoms with van der Waals surface area (Å²) in [6.07, 6.45) is 3.40. The van der Waals surface area contributed by atoms with Crippen molar-refractivity contribution in [3.05, 3.63) is 24.5 Å². The smallest absolute Gasteiger partial charge is 0.137 e. The van der Waals surface area contributed by atoms with E-state index in [2.05, 4.69) is 4.98 Å². The molecule has 0 radical (unpaired) electrons. The van der Waals surface area contributed by atoms with E-state index in [1.165, 1.54) is 0 Å². The van der Waals surface area contributed by atoms with Crippen LogP contribution in [0.2, 0.25) is 0 Å². The highest BCUT2D eigenvalue weighted by Gasteiger charge is 1.90. The number of hydrogen-bond donors (Lipinski definition) is 0. The molecule has 0 aliphatic heterocycles. The zero-order valence-corrected chi connectivity index (χ0v) is 7.19. The second-order valence-corrected chi connectivity index (χ2v) is 2.23. The van der Waals surface area contributed by atoms with E-state index in [0.29, 0.717) is 13.2 Å². The number of aromatic nitrogens is 1. The Morgan fingerprint density at radius 3 is 3.00 bits per heavy atom. The minimum Gasteiger partial charge on any atom is -0.490 e. The summed E-state index contributed by atoms with van der Waals surface area (Å²) in [6.45, 7) is 3.91. The summed E-state index contributed by atoms with van der Waals surface area (Å²) in [5.74, 6) is 0.789. The molecule has 1 rings (SSSR count). The van der Waals surface area contributed by atoms with Crippen LogP contribution in [0.4, 0.5) is 0 Å². The normalized spacial score (nSPS) is 9.75. The van der Waals surface area contributed by atoms with Gasteiger partial charge in [-0.1, -0.05) is 0 Å². The molecule has 0 unspecified atom stereocenters. The number of nitrogens with zero attached hydrogens (tertiary/aromatic N) is 1. The standard InChI is InChI=1S/C9H13NO2/c1-2-11-6-7-12-9-4-3-5-10-8-9/h3-5,8H,2,6-7H2,1H3. The predicted octanol–water partition coefficient (Wildman–Crippen LogP) is 1.50. The highest BCUT2D eigenvalue weighted by atomic mass is 16.5. The molecule has 3 nitrogen and oxygen atoms in total. The van der Waals surface area contributed by atoms with E-state index in [-0.39, 0.29) is 0 Å². The fourth-order valence-corrected chi connectivity index (χ4v) is 0.795. The van der Waals surface area contributed by atoms with Crippen LogP contribution in [0.1, 0.15) is 6.92 Å². The van der Waals surface area contributed by atoms with Crippen molar-refractivity contribution in [2.75, 3.05) is 19.8 Å². The predicted molar refractivity (Wildman–Crippen MR) is 46.2 cm³/mol. The van der Waals surface area contributed by atoms with Gasteiger partial charge in [0.25, 0.3) is 0 Å². The third kappa shape index (κ3) is 3.34. The van der Waals surface area contributed by atoms with Crippen molar-refractivity contribution in [3.63, 3.8) is 0 Å². The highest BCUT2D eigenvalue weighted by Crippen LogP contribution is 2.05. The fourth-order valence-electron chi connectivity index (χ4n) is 0.795. The largest absolute Gasteiger partial charge is 0.490 e. The summed E-state index contributed by atoms with van der Waals surface area (Å²) in [6, 6.07) is 3.72. The number of ether oxygens (including phenoxy) is 2. The van der Waals surface area contributed by atoms with Crippen molar-refractivity contribution in [3.8, 4) is 5.75 Å². The van der Waals surface area contributed by atoms with Crippen molar-refractivity contribution in [1.29, 1.82) is 0 Å². The molecular formula is C9H13NO2. The van der Waals surface area contributed by atoms with Gasteiger partial charge in [0.15, 0.2) is 0 Å². The molecule has 0 atom stereocenters. The van der Waals surface area contributed by atoms with Gasteiger partial charge in [0.2, 0.25) is 0 Å². The van der Waals surface area contributed by atoms with Crippen LogP contribution in [-0.2, 0) is 4.74 Å². The Kier molecular flexibility index (Phi) is 4.16. The van der Waals surface area contributed by atoms with Crippen LogP contribution in [-0.4, -0.2) is 24.8 Å². The molecule has 0 spiro atoms. The van der Waals surface area contributed by atoms with Gasteiger partial charge >= 0.3 is 0 Å². The van der Waals surface area contributed by atoms with E-state index in [9.17, 15) is 0 Å². The first kappa shape index (κ1) is 9.00. The maximum Gasteiger partial charge on any atom is 0.137 e. The highest BCUT2D eigenvalue weighted by molar-refractivity contribution is 5.15. The second kappa shape index (κ2) is 5.55. The summed E-state index contributed by atoms with van der Waals surface area (Å²) < 4.78 is 10.4. The lowest BCUT2D eigenvalue weighted by molar-refractivity contribution is 0.110. The summed E-state index contributed by atoms with van der Waals surface area (Å²) in [5, 5.41) is 0. The van der Waals surface area contributed by atoms with Gasteiger partial charge in [0.05, 0.1) is 12.8 Å². The van der Waals surface area contributed by atoms with Gasteiger partial charge in [0.1, 0.15) is 12.4 Å². The van der Waals surface area contributed by atoms with E-state index in [4.69, 9.17) is 9.47 Å². The molecule has 0 saturated heterocycles. The molecular weight excluding hydrogens is 154 g/mol. The zero-order valence-electron chi connectivity index (χ0n) is 7.19. The second-order valence-electron chi connectivity index (χ2n) is 2.23. The average Bonchev–Trinajstić information content (AvgIpc) is 2.14. The first-order valence-electron chi connectivity index (χ1n) is 4.04. The lowest BCUT2D eigenvalue weighted by Crippen LogP contribution is -2.06. The van der Waals surface area contributed by atoms with E-state index in [0.717, 1.165) is 12.4 Å². The molecule has 1 aromatic heterocycles. The minimum absolute atomic E-state index is 0.583. The Balaban J connectivity index is 2.16. The van der Waals surface area contributed by atoms with E-state index in [1.807, 2.05) is 19.1 Å². The average molecular weight is 167 g/mol. The molecule has 0 saturated carbocycles. The lowest BCUT2D eigenvalue weighted by Gasteiger charge is -2.04. The van der Waals surface area contributed by atoms with Gasteiger partial charge in [-0.3, -0.25) is 4.98 Å². The summed E-state index contributed by atoms with van der Waals surface area (Å²) in [7, 11) is 0. The van der Waals surface area contributed by atoms with Gasteiger partial charge in [-0.05, 0) is 19.1 Å². The number of hydrogen-bond acceptors (Lipinski definition) is 3. The van der Waals surface area contributed by atoms with E-state index < -0.39 is 0 Å². The van der Waals surface area contributed by atoms with Gasteiger partial charge in [-0.15, -0.1) is 0 Å². The molecule has 1 aromatic rings. The van der Waals surface area contributed by atoms with Crippen LogP contribution >= 0.6 is 0 Å². The molecule has 0 amide bonds. The molecule has 66 valence electrons. The van der Waals surface area contributed by atoms with Crippen LogP contribution < -0.4 is 4.74 Å².